The molecule has 0 amide bonds. The summed E-state index contributed by atoms with van der Waals surface area (Å²) in [6.45, 7) is -2.93. The van der Waals surface area contributed by atoms with Gasteiger partial charge in [-0.05, 0) is 6.07 Å². The Kier molecular flexibility index (Phi) is 4.14. The maximum absolute atomic E-state index is 12.0. The lowest BCUT2D eigenvalue weighted by Crippen LogP contribution is -2.06. The van der Waals surface area contributed by atoms with Gasteiger partial charge in [-0.3, -0.25) is 4.98 Å². The fraction of sp³-hybridized carbons (Fsp3) is 0.167. The molecule has 0 saturated heterocycles. The molecule has 0 fully saturated rings. The molecule has 0 bridgehead atoms. The first-order valence-corrected chi connectivity index (χ1v) is 5.41. The summed E-state index contributed by atoms with van der Waals surface area (Å²) in [4.78, 5) is 22.9. The first kappa shape index (κ1) is 13.8. The highest BCUT2D eigenvalue weighted by Crippen LogP contribution is 2.18. The van der Waals surface area contributed by atoms with Crippen molar-refractivity contribution in [2.75, 3.05) is 7.11 Å². The Morgan fingerprint density at radius 1 is 1.25 bits per heavy atom. The normalized spacial score (nSPS) is 10.4. The van der Waals surface area contributed by atoms with Crippen LogP contribution in [-0.4, -0.2) is 34.6 Å². The molecule has 0 spiro atoms. The molecule has 0 radical (unpaired) electrons. The summed E-state index contributed by atoms with van der Waals surface area (Å²) in [6.07, 6.45) is 3.97. The topological polar surface area (TPSA) is 74.2 Å². The summed E-state index contributed by atoms with van der Waals surface area (Å²) >= 11 is 0. The van der Waals surface area contributed by atoms with Crippen molar-refractivity contribution in [1.82, 2.24) is 15.0 Å². The van der Waals surface area contributed by atoms with Crippen molar-refractivity contribution in [2.24, 2.45) is 0 Å². The van der Waals surface area contributed by atoms with E-state index in [0.717, 1.165) is 0 Å². The third kappa shape index (κ3) is 3.22. The smallest absolute Gasteiger partial charge is 0.388 e. The zero-order valence-electron chi connectivity index (χ0n) is 10.3. The van der Waals surface area contributed by atoms with Crippen LogP contribution in [0.5, 0.6) is 5.88 Å². The van der Waals surface area contributed by atoms with Gasteiger partial charge in [-0.25, -0.2) is 14.8 Å². The summed E-state index contributed by atoms with van der Waals surface area (Å²) in [5, 5.41) is 0. The minimum Gasteiger partial charge on any atom is -0.464 e. The predicted octanol–water partition coefficient (Wildman–Crippen LogP) is 1.93. The number of ether oxygens (including phenoxy) is 2. The Bertz CT molecular complexity index is 605. The Morgan fingerprint density at radius 2 is 2.05 bits per heavy atom. The van der Waals surface area contributed by atoms with Gasteiger partial charge in [0.05, 0.1) is 25.2 Å². The van der Waals surface area contributed by atoms with Crippen LogP contribution in [0.25, 0.3) is 11.3 Å². The molecule has 0 aliphatic rings. The highest BCUT2D eigenvalue weighted by molar-refractivity contribution is 5.87. The molecule has 2 rings (SSSR count). The number of halogens is 2. The molecular weight excluding hydrogens is 272 g/mol. The van der Waals surface area contributed by atoms with Crippen molar-refractivity contribution in [3.63, 3.8) is 0 Å². The molecule has 0 aromatic carbocycles. The van der Waals surface area contributed by atoms with Gasteiger partial charge in [0, 0.05) is 17.8 Å². The second-order valence-electron chi connectivity index (χ2n) is 3.54. The third-order valence-corrected chi connectivity index (χ3v) is 2.27. The van der Waals surface area contributed by atoms with Crippen LogP contribution in [-0.2, 0) is 4.74 Å². The van der Waals surface area contributed by atoms with Crippen LogP contribution in [0.15, 0.2) is 30.7 Å². The SMILES string of the molecule is COC(=O)c1cncc(-c2ccc(OC(F)F)nc2)n1. The summed E-state index contributed by atoms with van der Waals surface area (Å²) in [5.74, 6) is -0.828. The lowest BCUT2D eigenvalue weighted by Gasteiger charge is -2.05. The summed E-state index contributed by atoms with van der Waals surface area (Å²) in [5.41, 5.74) is 0.909. The van der Waals surface area contributed by atoms with Crippen LogP contribution < -0.4 is 4.74 Å². The lowest BCUT2D eigenvalue weighted by atomic mass is 10.2. The lowest BCUT2D eigenvalue weighted by molar-refractivity contribution is -0.0528. The zero-order valence-corrected chi connectivity index (χ0v) is 10.3. The highest BCUT2D eigenvalue weighted by Gasteiger charge is 2.10. The van der Waals surface area contributed by atoms with E-state index in [9.17, 15) is 13.6 Å². The number of hydrogen-bond acceptors (Lipinski definition) is 6. The number of esters is 1. The van der Waals surface area contributed by atoms with E-state index < -0.39 is 12.6 Å². The fourth-order valence-electron chi connectivity index (χ4n) is 1.40. The number of nitrogens with zero attached hydrogens (tertiary/aromatic N) is 3. The van der Waals surface area contributed by atoms with E-state index in [1.165, 1.54) is 37.8 Å². The van der Waals surface area contributed by atoms with E-state index in [1.807, 2.05) is 0 Å². The highest BCUT2D eigenvalue weighted by atomic mass is 19.3. The standard InChI is InChI=1S/C12H9F2N3O3/c1-19-11(18)9-6-15-5-8(17-9)7-2-3-10(16-4-7)20-12(13)14/h2-6,12H,1H3. The van der Waals surface area contributed by atoms with Crippen LogP contribution >= 0.6 is 0 Å². The van der Waals surface area contributed by atoms with E-state index >= 15 is 0 Å². The van der Waals surface area contributed by atoms with Crippen molar-refractivity contribution in [3.05, 3.63) is 36.4 Å². The van der Waals surface area contributed by atoms with Crippen molar-refractivity contribution in [2.45, 2.75) is 6.61 Å². The molecule has 0 aliphatic carbocycles. The molecule has 104 valence electrons. The minimum atomic E-state index is -2.93. The largest absolute Gasteiger partial charge is 0.464 e. The monoisotopic (exact) mass is 281 g/mol. The summed E-state index contributed by atoms with van der Waals surface area (Å²) < 4.78 is 32.6. The molecule has 0 N–H and O–H groups in total. The van der Waals surface area contributed by atoms with Gasteiger partial charge in [-0.1, -0.05) is 0 Å². The van der Waals surface area contributed by atoms with E-state index in [0.29, 0.717) is 11.3 Å². The molecule has 2 aromatic rings. The molecule has 0 aliphatic heterocycles. The van der Waals surface area contributed by atoms with Gasteiger partial charge in [0.2, 0.25) is 5.88 Å². The maximum Gasteiger partial charge on any atom is 0.388 e. The summed E-state index contributed by atoms with van der Waals surface area (Å²) in [7, 11) is 1.23. The van der Waals surface area contributed by atoms with Crippen molar-refractivity contribution in [3.8, 4) is 17.1 Å². The third-order valence-electron chi connectivity index (χ3n) is 2.27. The number of methoxy groups -OCH3 is 1. The van der Waals surface area contributed by atoms with E-state index in [-0.39, 0.29) is 11.6 Å². The second-order valence-corrected chi connectivity index (χ2v) is 3.54. The van der Waals surface area contributed by atoms with Gasteiger partial charge >= 0.3 is 12.6 Å². The van der Waals surface area contributed by atoms with Crippen LogP contribution in [0.2, 0.25) is 0 Å². The maximum atomic E-state index is 12.0. The molecule has 6 nitrogen and oxygen atoms in total. The average Bonchev–Trinajstić information content (AvgIpc) is 2.47. The number of pyridine rings is 1. The van der Waals surface area contributed by atoms with Crippen LogP contribution in [0.4, 0.5) is 8.78 Å². The number of aromatic nitrogens is 3. The van der Waals surface area contributed by atoms with Crippen LogP contribution in [0.1, 0.15) is 10.5 Å². The molecule has 8 heteroatoms. The Labute approximate surface area is 112 Å². The van der Waals surface area contributed by atoms with Crippen molar-refractivity contribution in [1.29, 1.82) is 0 Å². The Morgan fingerprint density at radius 3 is 2.65 bits per heavy atom. The van der Waals surface area contributed by atoms with Crippen molar-refractivity contribution >= 4 is 5.97 Å². The van der Waals surface area contributed by atoms with E-state index in [2.05, 4.69) is 24.4 Å². The van der Waals surface area contributed by atoms with Crippen LogP contribution in [0.3, 0.4) is 0 Å². The predicted molar refractivity (Wildman–Crippen MR) is 63.2 cm³/mol. The Hall–Kier alpha value is -2.64. The Balaban J connectivity index is 2.25. The first-order valence-electron chi connectivity index (χ1n) is 5.41. The van der Waals surface area contributed by atoms with Crippen molar-refractivity contribution < 1.29 is 23.0 Å². The molecule has 0 unspecified atom stereocenters. The van der Waals surface area contributed by atoms with Gasteiger partial charge < -0.3 is 9.47 Å². The number of hydrogen-bond donors (Lipinski definition) is 0. The van der Waals surface area contributed by atoms with E-state index in [4.69, 9.17) is 0 Å². The van der Waals surface area contributed by atoms with E-state index in [1.54, 1.807) is 0 Å². The molecule has 2 aromatic heterocycles. The number of alkyl halides is 2. The number of carbonyl (C=O) groups excluding carboxylic acids is 1. The van der Waals surface area contributed by atoms with Gasteiger partial charge in [0.15, 0.2) is 5.69 Å². The average molecular weight is 281 g/mol. The van der Waals surface area contributed by atoms with Gasteiger partial charge in [0.25, 0.3) is 0 Å². The molecule has 2 heterocycles. The van der Waals surface area contributed by atoms with Gasteiger partial charge in [0.1, 0.15) is 0 Å². The molecular formula is C12H9F2N3O3. The second kappa shape index (κ2) is 6.00. The minimum absolute atomic E-state index is 0.0397. The number of rotatable bonds is 4. The summed E-state index contributed by atoms with van der Waals surface area (Å²) in [6, 6.07) is 2.75. The fourth-order valence-corrected chi connectivity index (χ4v) is 1.40. The molecule has 20 heavy (non-hydrogen) atoms. The van der Waals surface area contributed by atoms with Crippen LogP contribution in [0, 0.1) is 0 Å². The molecule has 0 atom stereocenters. The van der Waals surface area contributed by atoms with Gasteiger partial charge in [-0.15, -0.1) is 0 Å². The molecule has 0 saturated carbocycles. The first-order chi connectivity index (χ1) is 9.60. The quantitative estimate of drug-likeness (QED) is 0.797. The van der Waals surface area contributed by atoms with Gasteiger partial charge in [-0.2, -0.15) is 8.78 Å². The number of carbonyl (C=O) groups is 1. The zero-order chi connectivity index (χ0) is 14.5.